The summed E-state index contributed by atoms with van der Waals surface area (Å²) in [6.07, 6.45) is 4.00. The van der Waals surface area contributed by atoms with Crippen LogP contribution in [-0.4, -0.2) is 12.2 Å². The number of benzene rings is 1. The highest BCUT2D eigenvalue weighted by Gasteiger charge is 2.36. The van der Waals surface area contributed by atoms with E-state index in [4.69, 9.17) is 4.74 Å². The molecule has 1 aliphatic rings. The van der Waals surface area contributed by atoms with Gasteiger partial charge in [-0.3, -0.25) is 0 Å². The lowest BCUT2D eigenvalue weighted by Crippen LogP contribution is -2.32. The third-order valence-electron chi connectivity index (χ3n) is 3.83. The van der Waals surface area contributed by atoms with Crippen LogP contribution in [0.2, 0.25) is 0 Å². The maximum absolute atomic E-state index is 10.9. The summed E-state index contributed by atoms with van der Waals surface area (Å²) < 4.78 is 5.39. The first kappa shape index (κ1) is 12.4. The summed E-state index contributed by atoms with van der Waals surface area (Å²) in [7, 11) is 1.67. The van der Waals surface area contributed by atoms with E-state index in [1.54, 1.807) is 7.11 Å². The number of ether oxygens (including phenoxy) is 1. The van der Waals surface area contributed by atoms with Crippen LogP contribution in [0.25, 0.3) is 0 Å². The first-order valence-electron chi connectivity index (χ1n) is 6.42. The summed E-state index contributed by atoms with van der Waals surface area (Å²) in [5.74, 6) is 1.39. The number of aliphatic hydroxyl groups is 1. The second-order valence-electron chi connectivity index (χ2n) is 5.44. The Kier molecular flexibility index (Phi) is 3.43. The second kappa shape index (κ2) is 4.69. The van der Waals surface area contributed by atoms with E-state index < -0.39 is 5.60 Å². The summed E-state index contributed by atoms with van der Waals surface area (Å²) >= 11 is 0. The molecule has 94 valence electrons. The van der Waals surface area contributed by atoms with Crippen molar-refractivity contribution in [3.63, 3.8) is 0 Å². The minimum absolute atomic E-state index is 0.582. The summed E-state index contributed by atoms with van der Waals surface area (Å²) in [6.45, 7) is 4.27. The highest BCUT2D eigenvalue weighted by molar-refractivity contribution is 5.41. The topological polar surface area (TPSA) is 29.5 Å². The Hall–Kier alpha value is -1.02. The van der Waals surface area contributed by atoms with Crippen molar-refractivity contribution in [2.75, 3.05) is 7.11 Å². The zero-order valence-corrected chi connectivity index (χ0v) is 11.0. The van der Waals surface area contributed by atoms with Gasteiger partial charge in [0.15, 0.2) is 0 Å². The van der Waals surface area contributed by atoms with E-state index in [2.05, 4.69) is 19.9 Å². The molecular weight excluding hydrogens is 212 g/mol. The normalized spacial score (nSPS) is 29.1. The Morgan fingerprint density at radius 2 is 2.18 bits per heavy atom. The third-order valence-corrected chi connectivity index (χ3v) is 3.83. The fraction of sp³-hybridized carbons (Fsp3) is 0.600. The molecule has 0 heterocycles. The lowest BCUT2D eigenvalue weighted by molar-refractivity contribution is -0.0196. The number of hydrogen-bond acceptors (Lipinski definition) is 2. The summed E-state index contributed by atoms with van der Waals surface area (Å²) in [5, 5.41) is 10.9. The average molecular weight is 234 g/mol. The Balaban J connectivity index is 2.40. The van der Waals surface area contributed by atoms with E-state index in [9.17, 15) is 5.11 Å². The van der Waals surface area contributed by atoms with E-state index in [-0.39, 0.29) is 0 Å². The average Bonchev–Trinajstić information content (AvgIpc) is 2.28. The number of aryl methyl sites for hydroxylation is 1. The van der Waals surface area contributed by atoms with Crippen LogP contribution in [0, 0.1) is 12.8 Å². The lowest BCUT2D eigenvalue weighted by atomic mass is 9.74. The maximum atomic E-state index is 10.9. The Bertz CT molecular complexity index is 400. The Morgan fingerprint density at radius 1 is 1.41 bits per heavy atom. The zero-order chi connectivity index (χ0) is 12.5. The van der Waals surface area contributed by atoms with Gasteiger partial charge in [0.25, 0.3) is 0 Å². The van der Waals surface area contributed by atoms with Crippen molar-refractivity contribution in [1.82, 2.24) is 0 Å². The van der Waals surface area contributed by atoms with Gasteiger partial charge in [-0.2, -0.15) is 0 Å². The van der Waals surface area contributed by atoms with Crippen LogP contribution in [0.4, 0.5) is 0 Å². The van der Waals surface area contributed by atoms with Gasteiger partial charge in [0.05, 0.1) is 12.7 Å². The third kappa shape index (κ3) is 2.47. The molecule has 0 bridgehead atoms. The predicted octanol–water partition coefficient (Wildman–Crippen LogP) is 3.40. The van der Waals surface area contributed by atoms with Crippen LogP contribution in [-0.2, 0) is 5.60 Å². The van der Waals surface area contributed by atoms with Crippen molar-refractivity contribution in [2.45, 2.75) is 45.1 Å². The number of rotatable bonds is 2. The molecular formula is C15H22O2. The van der Waals surface area contributed by atoms with E-state index in [0.29, 0.717) is 5.92 Å². The SMILES string of the molecule is COc1ccc(C)cc1C1(O)CCCC(C)C1. The second-order valence-corrected chi connectivity index (χ2v) is 5.44. The van der Waals surface area contributed by atoms with Crippen LogP contribution in [0.15, 0.2) is 18.2 Å². The highest BCUT2D eigenvalue weighted by Crippen LogP contribution is 2.43. The van der Waals surface area contributed by atoms with Crippen molar-refractivity contribution < 1.29 is 9.84 Å². The molecule has 1 aliphatic carbocycles. The maximum Gasteiger partial charge on any atom is 0.124 e. The molecule has 0 spiro atoms. The quantitative estimate of drug-likeness (QED) is 0.849. The fourth-order valence-electron chi connectivity index (χ4n) is 2.95. The fourth-order valence-corrected chi connectivity index (χ4v) is 2.95. The van der Waals surface area contributed by atoms with Gasteiger partial charge in [-0.05, 0) is 44.2 Å². The van der Waals surface area contributed by atoms with Crippen LogP contribution in [0.1, 0.15) is 43.7 Å². The molecule has 1 saturated carbocycles. The first-order valence-corrected chi connectivity index (χ1v) is 6.42. The Labute approximate surface area is 104 Å². The van der Waals surface area contributed by atoms with E-state index in [1.165, 1.54) is 12.0 Å². The smallest absolute Gasteiger partial charge is 0.124 e. The van der Waals surface area contributed by atoms with Crippen molar-refractivity contribution in [2.24, 2.45) is 5.92 Å². The molecule has 0 radical (unpaired) electrons. The molecule has 1 aromatic carbocycles. The minimum Gasteiger partial charge on any atom is -0.496 e. The standard InChI is InChI=1S/C15H22O2/c1-11-6-7-14(17-3)13(9-11)15(16)8-4-5-12(2)10-15/h6-7,9,12,16H,4-5,8,10H2,1-3H3. The largest absolute Gasteiger partial charge is 0.496 e. The summed E-state index contributed by atoms with van der Waals surface area (Å²) in [4.78, 5) is 0. The minimum atomic E-state index is -0.699. The predicted molar refractivity (Wildman–Crippen MR) is 69.3 cm³/mol. The lowest BCUT2D eigenvalue weighted by Gasteiger charge is -2.36. The Morgan fingerprint density at radius 3 is 2.82 bits per heavy atom. The zero-order valence-electron chi connectivity index (χ0n) is 11.0. The molecule has 0 aliphatic heterocycles. The van der Waals surface area contributed by atoms with Crippen LogP contribution >= 0.6 is 0 Å². The number of hydrogen-bond donors (Lipinski definition) is 1. The molecule has 1 N–H and O–H groups in total. The monoisotopic (exact) mass is 234 g/mol. The molecule has 1 fully saturated rings. The van der Waals surface area contributed by atoms with Gasteiger partial charge in [-0.15, -0.1) is 0 Å². The summed E-state index contributed by atoms with van der Waals surface area (Å²) in [5.41, 5.74) is 1.44. The summed E-state index contributed by atoms with van der Waals surface area (Å²) in [6, 6.07) is 6.05. The van der Waals surface area contributed by atoms with Crippen LogP contribution in [0.5, 0.6) is 5.75 Å². The molecule has 0 saturated heterocycles. The molecule has 0 aromatic heterocycles. The molecule has 2 rings (SSSR count). The molecule has 17 heavy (non-hydrogen) atoms. The molecule has 2 atom stereocenters. The van der Waals surface area contributed by atoms with Gasteiger partial charge in [0.2, 0.25) is 0 Å². The van der Waals surface area contributed by atoms with Gasteiger partial charge in [-0.25, -0.2) is 0 Å². The van der Waals surface area contributed by atoms with Gasteiger partial charge >= 0.3 is 0 Å². The van der Waals surface area contributed by atoms with Crippen molar-refractivity contribution in [3.05, 3.63) is 29.3 Å². The first-order chi connectivity index (χ1) is 8.05. The van der Waals surface area contributed by atoms with E-state index in [1.807, 2.05) is 12.1 Å². The molecule has 2 nitrogen and oxygen atoms in total. The molecule has 0 amide bonds. The molecule has 1 aromatic rings. The van der Waals surface area contributed by atoms with Crippen molar-refractivity contribution >= 4 is 0 Å². The molecule has 2 unspecified atom stereocenters. The van der Waals surface area contributed by atoms with Gasteiger partial charge in [0, 0.05) is 5.56 Å². The number of methoxy groups -OCH3 is 1. The van der Waals surface area contributed by atoms with Crippen molar-refractivity contribution in [3.8, 4) is 5.75 Å². The van der Waals surface area contributed by atoms with Crippen LogP contribution in [0.3, 0.4) is 0 Å². The van der Waals surface area contributed by atoms with E-state index in [0.717, 1.165) is 30.6 Å². The van der Waals surface area contributed by atoms with Gasteiger partial charge in [-0.1, -0.05) is 25.0 Å². The van der Waals surface area contributed by atoms with Gasteiger partial charge in [0.1, 0.15) is 5.75 Å². The highest BCUT2D eigenvalue weighted by atomic mass is 16.5. The van der Waals surface area contributed by atoms with E-state index >= 15 is 0 Å². The van der Waals surface area contributed by atoms with Gasteiger partial charge < -0.3 is 9.84 Å². The molecule has 2 heteroatoms. The van der Waals surface area contributed by atoms with Crippen LogP contribution < -0.4 is 4.74 Å². The van der Waals surface area contributed by atoms with Crippen molar-refractivity contribution in [1.29, 1.82) is 0 Å².